The van der Waals surface area contributed by atoms with Crippen LogP contribution in [0, 0.1) is 0 Å². The van der Waals surface area contributed by atoms with E-state index < -0.39 is 0 Å². The number of aromatic nitrogens is 3. The van der Waals surface area contributed by atoms with Crippen molar-refractivity contribution in [1.29, 1.82) is 0 Å². The summed E-state index contributed by atoms with van der Waals surface area (Å²) in [5, 5.41) is 6.86. The number of amides is 1. The number of ether oxygens (including phenoxy) is 1. The standard InChI is InChI=1S/C16H16N4O3/c1-23-8-7-17-15(21)12-9-14-16(22)18-13(10-20(14)19-12)11-5-3-2-4-6-11/h2-6,9-10H,7-8H2,1H3,(H,17,21)(H,18,22). The molecule has 3 aromatic rings. The van der Waals surface area contributed by atoms with E-state index in [-0.39, 0.29) is 17.2 Å². The molecule has 0 spiro atoms. The fourth-order valence-electron chi connectivity index (χ4n) is 2.24. The summed E-state index contributed by atoms with van der Waals surface area (Å²) in [5.74, 6) is -0.341. The van der Waals surface area contributed by atoms with E-state index in [9.17, 15) is 9.59 Å². The quantitative estimate of drug-likeness (QED) is 0.690. The van der Waals surface area contributed by atoms with Crippen LogP contribution in [0.2, 0.25) is 0 Å². The van der Waals surface area contributed by atoms with Gasteiger partial charge >= 0.3 is 0 Å². The van der Waals surface area contributed by atoms with E-state index in [0.29, 0.717) is 24.4 Å². The van der Waals surface area contributed by atoms with Gasteiger partial charge in [-0.3, -0.25) is 9.59 Å². The van der Waals surface area contributed by atoms with Gasteiger partial charge in [-0.15, -0.1) is 0 Å². The molecule has 0 atom stereocenters. The molecule has 0 aliphatic rings. The maximum Gasteiger partial charge on any atom is 0.274 e. The minimum absolute atomic E-state index is 0.191. The average Bonchev–Trinajstić information content (AvgIpc) is 3.01. The van der Waals surface area contributed by atoms with Crippen LogP contribution in [0.5, 0.6) is 0 Å². The van der Waals surface area contributed by atoms with E-state index in [4.69, 9.17) is 4.74 Å². The minimum atomic E-state index is -0.341. The first kappa shape index (κ1) is 15.0. The zero-order valence-electron chi connectivity index (χ0n) is 12.6. The maximum atomic E-state index is 12.2. The Balaban J connectivity index is 1.95. The number of nitrogens with zero attached hydrogens (tertiary/aromatic N) is 2. The first-order valence-electron chi connectivity index (χ1n) is 7.14. The average molecular weight is 312 g/mol. The summed E-state index contributed by atoms with van der Waals surface area (Å²) >= 11 is 0. The molecule has 7 heteroatoms. The molecule has 0 unspecified atom stereocenters. The SMILES string of the molecule is COCCNC(=O)c1cc2c(=O)[nH]c(-c3ccccc3)cn2n1. The van der Waals surface area contributed by atoms with Gasteiger partial charge < -0.3 is 15.0 Å². The Hall–Kier alpha value is -2.93. The molecule has 0 fully saturated rings. The summed E-state index contributed by atoms with van der Waals surface area (Å²) in [6.07, 6.45) is 1.69. The molecule has 0 bridgehead atoms. The van der Waals surface area contributed by atoms with Crippen LogP contribution in [-0.2, 0) is 4.74 Å². The molecule has 2 N–H and O–H groups in total. The van der Waals surface area contributed by atoms with Gasteiger partial charge in [-0.2, -0.15) is 5.10 Å². The van der Waals surface area contributed by atoms with Crippen molar-refractivity contribution < 1.29 is 9.53 Å². The Labute approximate surface area is 131 Å². The molecule has 0 radical (unpaired) electrons. The number of hydrogen-bond donors (Lipinski definition) is 2. The van der Waals surface area contributed by atoms with Crippen LogP contribution in [0.4, 0.5) is 0 Å². The van der Waals surface area contributed by atoms with Crippen molar-refractivity contribution in [2.45, 2.75) is 0 Å². The smallest absolute Gasteiger partial charge is 0.274 e. The van der Waals surface area contributed by atoms with Crippen LogP contribution in [0.25, 0.3) is 16.8 Å². The number of nitrogens with one attached hydrogen (secondary N) is 2. The monoisotopic (exact) mass is 312 g/mol. The summed E-state index contributed by atoms with van der Waals surface area (Å²) in [7, 11) is 1.56. The van der Waals surface area contributed by atoms with Gasteiger partial charge in [0.15, 0.2) is 5.69 Å². The highest BCUT2D eigenvalue weighted by atomic mass is 16.5. The number of benzene rings is 1. The fraction of sp³-hybridized carbons (Fsp3) is 0.188. The zero-order valence-corrected chi connectivity index (χ0v) is 12.6. The minimum Gasteiger partial charge on any atom is -0.383 e. The third-order valence-electron chi connectivity index (χ3n) is 3.38. The van der Waals surface area contributed by atoms with Crippen LogP contribution >= 0.6 is 0 Å². The van der Waals surface area contributed by atoms with Crippen LogP contribution in [-0.4, -0.2) is 40.8 Å². The van der Waals surface area contributed by atoms with Gasteiger partial charge in [-0.25, -0.2) is 4.52 Å². The van der Waals surface area contributed by atoms with E-state index in [0.717, 1.165) is 5.56 Å². The van der Waals surface area contributed by atoms with Crippen molar-refractivity contribution in [1.82, 2.24) is 19.9 Å². The second-order valence-corrected chi connectivity index (χ2v) is 4.97. The van der Waals surface area contributed by atoms with Crippen molar-refractivity contribution >= 4 is 11.4 Å². The van der Waals surface area contributed by atoms with E-state index in [1.165, 1.54) is 10.6 Å². The Kier molecular flexibility index (Phi) is 4.20. The van der Waals surface area contributed by atoms with Gasteiger partial charge in [0.05, 0.1) is 18.5 Å². The molecule has 7 nitrogen and oxygen atoms in total. The number of fused-ring (bicyclic) bond motifs is 1. The van der Waals surface area contributed by atoms with Gasteiger partial charge in [-0.05, 0) is 5.56 Å². The van der Waals surface area contributed by atoms with E-state index in [1.807, 2.05) is 30.3 Å². The molecule has 0 aliphatic heterocycles. The molecule has 0 saturated heterocycles. The molecular formula is C16H16N4O3. The Morgan fingerprint density at radius 1 is 1.35 bits per heavy atom. The predicted molar refractivity (Wildman–Crippen MR) is 85.5 cm³/mol. The highest BCUT2D eigenvalue weighted by Crippen LogP contribution is 2.15. The van der Waals surface area contributed by atoms with E-state index in [2.05, 4.69) is 15.4 Å². The molecule has 118 valence electrons. The Morgan fingerprint density at radius 3 is 2.87 bits per heavy atom. The third kappa shape index (κ3) is 3.14. The lowest BCUT2D eigenvalue weighted by Gasteiger charge is -2.02. The molecule has 3 rings (SSSR count). The molecule has 2 aromatic heterocycles. The Morgan fingerprint density at radius 2 is 2.13 bits per heavy atom. The second-order valence-electron chi connectivity index (χ2n) is 4.97. The van der Waals surface area contributed by atoms with E-state index in [1.54, 1.807) is 13.3 Å². The fourth-order valence-corrected chi connectivity index (χ4v) is 2.24. The van der Waals surface area contributed by atoms with Gasteiger partial charge in [0.25, 0.3) is 11.5 Å². The molecule has 1 amide bonds. The van der Waals surface area contributed by atoms with Gasteiger partial charge in [0.1, 0.15) is 5.52 Å². The molecular weight excluding hydrogens is 296 g/mol. The number of methoxy groups -OCH3 is 1. The van der Waals surface area contributed by atoms with Crippen molar-refractivity contribution in [3.63, 3.8) is 0 Å². The summed E-state index contributed by atoms with van der Waals surface area (Å²) in [6.45, 7) is 0.798. The van der Waals surface area contributed by atoms with E-state index >= 15 is 0 Å². The van der Waals surface area contributed by atoms with Gasteiger partial charge in [0.2, 0.25) is 0 Å². The number of carbonyl (C=O) groups excluding carboxylic acids is 1. The lowest BCUT2D eigenvalue weighted by Crippen LogP contribution is -2.27. The first-order chi connectivity index (χ1) is 11.2. The topological polar surface area (TPSA) is 88.5 Å². The third-order valence-corrected chi connectivity index (χ3v) is 3.38. The molecule has 2 heterocycles. The lowest BCUT2D eigenvalue weighted by molar-refractivity contribution is 0.0932. The number of aromatic amines is 1. The predicted octanol–water partition coefficient (Wildman–Crippen LogP) is 1.07. The number of H-pyrrole nitrogens is 1. The molecule has 0 aliphatic carbocycles. The summed E-state index contributed by atoms with van der Waals surface area (Å²) in [4.78, 5) is 27.0. The summed E-state index contributed by atoms with van der Waals surface area (Å²) < 4.78 is 6.30. The molecule has 23 heavy (non-hydrogen) atoms. The van der Waals surface area contributed by atoms with Crippen LogP contribution in [0.3, 0.4) is 0 Å². The maximum absolute atomic E-state index is 12.2. The lowest BCUT2D eigenvalue weighted by atomic mass is 10.2. The number of rotatable bonds is 5. The summed E-state index contributed by atoms with van der Waals surface area (Å²) in [5.41, 5.74) is 1.72. The Bertz CT molecular complexity index is 883. The van der Waals surface area contributed by atoms with Crippen molar-refractivity contribution in [2.24, 2.45) is 0 Å². The van der Waals surface area contributed by atoms with Gasteiger partial charge in [-0.1, -0.05) is 30.3 Å². The zero-order chi connectivity index (χ0) is 16.2. The van der Waals surface area contributed by atoms with Crippen molar-refractivity contribution in [2.75, 3.05) is 20.3 Å². The van der Waals surface area contributed by atoms with Crippen LogP contribution < -0.4 is 10.9 Å². The van der Waals surface area contributed by atoms with Gasteiger partial charge in [0, 0.05) is 19.7 Å². The van der Waals surface area contributed by atoms with Crippen LogP contribution in [0.1, 0.15) is 10.5 Å². The van der Waals surface area contributed by atoms with Crippen molar-refractivity contribution in [3.8, 4) is 11.3 Å². The van der Waals surface area contributed by atoms with Crippen molar-refractivity contribution in [3.05, 3.63) is 58.6 Å². The largest absolute Gasteiger partial charge is 0.383 e. The number of carbonyl (C=O) groups is 1. The first-order valence-corrected chi connectivity index (χ1v) is 7.14. The molecule has 1 aromatic carbocycles. The summed E-state index contributed by atoms with van der Waals surface area (Å²) in [6, 6.07) is 10.9. The van der Waals surface area contributed by atoms with Crippen LogP contribution in [0.15, 0.2) is 47.4 Å². The number of hydrogen-bond acceptors (Lipinski definition) is 4. The highest BCUT2D eigenvalue weighted by molar-refractivity contribution is 5.93. The normalized spacial score (nSPS) is 10.8. The molecule has 0 saturated carbocycles. The highest BCUT2D eigenvalue weighted by Gasteiger charge is 2.13. The second kappa shape index (κ2) is 6.45.